The zero-order valence-corrected chi connectivity index (χ0v) is 16.7. The molecule has 0 aliphatic heterocycles. The summed E-state index contributed by atoms with van der Waals surface area (Å²) in [6, 6.07) is 12.1. The molecule has 2 heterocycles. The number of aromatic nitrogens is 3. The van der Waals surface area contributed by atoms with Crippen LogP contribution in [0.4, 0.5) is 0 Å². The van der Waals surface area contributed by atoms with E-state index in [2.05, 4.69) is 26.5 Å². The van der Waals surface area contributed by atoms with Crippen molar-refractivity contribution >= 4 is 17.6 Å². The van der Waals surface area contributed by atoms with Crippen LogP contribution in [0.5, 0.6) is 0 Å². The van der Waals surface area contributed by atoms with Crippen LogP contribution in [0.15, 0.2) is 60.0 Å². The van der Waals surface area contributed by atoms with Crippen LogP contribution in [0, 0.1) is 0 Å². The Morgan fingerprint density at radius 2 is 2.04 bits per heavy atom. The van der Waals surface area contributed by atoms with Crippen molar-refractivity contribution in [2.75, 3.05) is 20.6 Å². The van der Waals surface area contributed by atoms with Crippen LogP contribution in [-0.2, 0) is 20.0 Å². The van der Waals surface area contributed by atoms with E-state index in [9.17, 15) is 0 Å². The Balaban J connectivity index is 1.53. The van der Waals surface area contributed by atoms with Crippen LogP contribution in [-0.4, -0.2) is 45.8 Å². The molecule has 0 radical (unpaired) electrons. The van der Waals surface area contributed by atoms with Gasteiger partial charge in [0.05, 0.1) is 23.5 Å². The predicted octanol–water partition coefficient (Wildman–Crippen LogP) is 3.11. The second-order valence-electron chi connectivity index (χ2n) is 6.47. The van der Waals surface area contributed by atoms with Gasteiger partial charge in [0.2, 0.25) is 0 Å². The monoisotopic (exact) mass is 384 g/mol. The van der Waals surface area contributed by atoms with Crippen LogP contribution in [0.3, 0.4) is 0 Å². The fraction of sp³-hybridized carbons (Fsp3) is 0.300. The molecule has 0 bridgehead atoms. The number of aliphatic imine (C=N–C) groups is 1. The number of hydrogen-bond acceptors (Lipinski definition) is 2. The molecule has 0 saturated carbocycles. The minimum Gasteiger partial charge on any atom is -0.356 e. The summed E-state index contributed by atoms with van der Waals surface area (Å²) >= 11 is 6.07. The van der Waals surface area contributed by atoms with E-state index >= 15 is 0 Å². The van der Waals surface area contributed by atoms with Crippen LogP contribution in [0.2, 0.25) is 5.02 Å². The molecule has 0 amide bonds. The van der Waals surface area contributed by atoms with Crippen molar-refractivity contribution in [3.05, 3.63) is 71.3 Å². The van der Waals surface area contributed by atoms with E-state index in [0.717, 1.165) is 41.9 Å². The van der Waals surface area contributed by atoms with Gasteiger partial charge in [-0.15, -0.1) is 0 Å². The number of guanidine groups is 1. The van der Waals surface area contributed by atoms with Crippen molar-refractivity contribution in [1.29, 1.82) is 0 Å². The van der Waals surface area contributed by atoms with E-state index in [-0.39, 0.29) is 0 Å². The largest absolute Gasteiger partial charge is 0.356 e. The molecule has 0 aliphatic carbocycles. The van der Waals surface area contributed by atoms with Crippen molar-refractivity contribution in [3.63, 3.8) is 0 Å². The molecule has 0 spiro atoms. The Morgan fingerprint density at radius 1 is 1.26 bits per heavy atom. The number of rotatable bonds is 6. The van der Waals surface area contributed by atoms with E-state index in [4.69, 9.17) is 11.6 Å². The van der Waals surface area contributed by atoms with Gasteiger partial charge in [0, 0.05) is 45.8 Å². The van der Waals surface area contributed by atoms with Gasteiger partial charge in [0.25, 0.3) is 0 Å². The number of nitrogens with one attached hydrogen (secondary N) is 1. The third-order valence-corrected chi connectivity index (χ3v) is 4.61. The van der Waals surface area contributed by atoms with E-state index < -0.39 is 0 Å². The normalized spacial score (nSPS) is 11.6. The molecule has 142 valence electrons. The van der Waals surface area contributed by atoms with E-state index in [0.29, 0.717) is 0 Å². The van der Waals surface area contributed by atoms with Gasteiger partial charge in [0.1, 0.15) is 0 Å². The van der Waals surface area contributed by atoms with Crippen LogP contribution >= 0.6 is 11.6 Å². The molecule has 0 saturated heterocycles. The molecule has 0 atom stereocenters. The topological polar surface area (TPSA) is 50.4 Å². The van der Waals surface area contributed by atoms with Crippen molar-refractivity contribution in [1.82, 2.24) is 24.6 Å². The highest BCUT2D eigenvalue weighted by Crippen LogP contribution is 2.14. The van der Waals surface area contributed by atoms with Crippen LogP contribution in [0.1, 0.15) is 11.3 Å². The molecule has 27 heavy (non-hydrogen) atoms. The van der Waals surface area contributed by atoms with Crippen LogP contribution < -0.4 is 5.32 Å². The minimum atomic E-state index is 0.731. The van der Waals surface area contributed by atoms with Gasteiger partial charge in [-0.2, -0.15) is 5.10 Å². The minimum absolute atomic E-state index is 0.731. The summed E-state index contributed by atoms with van der Waals surface area (Å²) in [6.07, 6.45) is 6.75. The molecule has 3 rings (SSSR count). The van der Waals surface area contributed by atoms with Crippen LogP contribution in [0.25, 0.3) is 5.69 Å². The summed E-state index contributed by atoms with van der Waals surface area (Å²) in [5.74, 6) is 0.850. The lowest BCUT2D eigenvalue weighted by molar-refractivity contribution is 0.462. The molecule has 6 nitrogen and oxygen atoms in total. The standard InChI is InChI=1S/C20H25ClN6/c1-22-20(26(3)15-19-11-17(21)14-25(19)2)23-10-9-16-12-24-27(13-16)18-7-5-4-6-8-18/h4-8,11-14H,9-10,15H2,1-3H3,(H,22,23). The number of halogens is 1. The average Bonchev–Trinajstić information content (AvgIpc) is 3.26. The van der Waals surface area contributed by atoms with Crippen molar-refractivity contribution in [2.24, 2.45) is 12.0 Å². The Morgan fingerprint density at radius 3 is 2.70 bits per heavy atom. The first-order chi connectivity index (χ1) is 13.1. The number of nitrogens with zero attached hydrogens (tertiary/aromatic N) is 5. The molecule has 3 aromatic rings. The zero-order chi connectivity index (χ0) is 19.2. The number of aryl methyl sites for hydroxylation is 1. The fourth-order valence-electron chi connectivity index (χ4n) is 2.96. The summed E-state index contributed by atoms with van der Waals surface area (Å²) in [6.45, 7) is 1.51. The van der Waals surface area contributed by atoms with Gasteiger partial charge >= 0.3 is 0 Å². The summed E-state index contributed by atoms with van der Waals surface area (Å²) in [5, 5.41) is 8.60. The first kappa shape index (κ1) is 19.0. The van der Waals surface area contributed by atoms with Gasteiger partial charge in [0.15, 0.2) is 5.96 Å². The first-order valence-electron chi connectivity index (χ1n) is 8.88. The highest BCUT2D eigenvalue weighted by molar-refractivity contribution is 6.30. The van der Waals surface area contributed by atoms with E-state index in [1.807, 2.05) is 72.1 Å². The maximum Gasteiger partial charge on any atom is 0.193 e. The highest BCUT2D eigenvalue weighted by Gasteiger charge is 2.10. The van der Waals surface area contributed by atoms with Gasteiger partial charge in [-0.25, -0.2) is 4.68 Å². The molecule has 0 fully saturated rings. The maximum atomic E-state index is 6.07. The lowest BCUT2D eigenvalue weighted by atomic mass is 10.2. The SMILES string of the molecule is CN=C(NCCc1cnn(-c2ccccc2)c1)N(C)Cc1cc(Cl)cn1C. The van der Waals surface area contributed by atoms with Gasteiger partial charge in [-0.1, -0.05) is 29.8 Å². The third kappa shape index (κ3) is 4.92. The van der Waals surface area contributed by atoms with Gasteiger partial charge in [-0.05, 0) is 30.2 Å². The summed E-state index contributed by atoms with van der Waals surface area (Å²) < 4.78 is 3.93. The smallest absolute Gasteiger partial charge is 0.193 e. The summed E-state index contributed by atoms with van der Waals surface area (Å²) in [7, 11) is 5.81. The second-order valence-corrected chi connectivity index (χ2v) is 6.91. The Labute approximate surface area is 165 Å². The molecule has 2 aromatic heterocycles. The molecule has 7 heteroatoms. The molecule has 0 aliphatic rings. The molecule has 1 N–H and O–H groups in total. The van der Waals surface area contributed by atoms with Gasteiger partial charge < -0.3 is 14.8 Å². The molecular formula is C20H25ClN6. The quantitative estimate of drug-likeness (QED) is 0.524. The number of para-hydroxylation sites is 1. The second kappa shape index (κ2) is 8.77. The predicted molar refractivity (Wildman–Crippen MR) is 111 cm³/mol. The molecular weight excluding hydrogens is 360 g/mol. The molecule has 1 aromatic carbocycles. The van der Waals surface area contributed by atoms with Crippen molar-refractivity contribution in [3.8, 4) is 5.69 Å². The zero-order valence-electron chi connectivity index (χ0n) is 15.9. The van der Waals surface area contributed by atoms with Gasteiger partial charge in [-0.3, -0.25) is 4.99 Å². The first-order valence-corrected chi connectivity index (χ1v) is 9.26. The Hall–Kier alpha value is -2.73. The third-order valence-electron chi connectivity index (χ3n) is 4.40. The Bertz CT molecular complexity index is 896. The molecule has 0 unspecified atom stereocenters. The Kier molecular flexibility index (Phi) is 6.19. The maximum absolute atomic E-state index is 6.07. The lowest BCUT2D eigenvalue weighted by Gasteiger charge is -2.22. The van der Waals surface area contributed by atoms with Crippen molar-refractivity contribution < 1.29 is 0 Å². The highest BCUT2D eigenvalue weighted by atomic mass is 35.5. The van der Waals surface area contributed by atoms with E-state index in [1.54, 1.807) is 7.05 Å². The van der Waals surface area contributed by atoms with E-state index in [1.165, 1.54) is 5.56 Å². The lowest BCUT2D eigenvalue weighted by Crippen LogP contribution is -2.39. The van der Waals surface area contributed by atoms with Crippen molar-refractivity contribution in [2.45, 2.75) is 13.0 Å². The fourth-order valence-corrected chi connectivity index (χ4v) is 3.23. The average molecular weight is 385 g/mol. The number of hydrogen-bond donors (Lipinski definition) is 1. The number of benzene rings is 1. The summed E-state index contributed by atoms with van der Waals surface area (Å²) in [5.41, 5.74) is 3.38. The summed E-state index contributed by atoms with van der Waals surface area (Å²) in [4.78, 5) is 6.46.